The van der Waals surface area contributed by atoms with Crippen LogP contribution >= 0.6 is 22.9 Å². The highest BCUT2D eigenvalue weighted by molar-refractivity contribution is 7.89. The zero-order chi connectivity index (χ0) is 22.0. The van der Waals surface area contributed by atoms with Crippen LogP contribution in [0.25, 0.3) is 10.2 Å². The van der Waals surface area contributed by atoms with Gasteiger partial charge in [0.05, 0.1) is 25.6 Å². The van der Waals surface area contributed by atoms with E-state index in [-0.39, 0.29) is 22.4 Å². The molecule has 1 amide bonds. The van der Waals surface area contributed by atoms with Crippen LogP contribution in [0.4, 0.5) is 10.1 Å². The van der Waals surface area contributed by atoms with Gasteiger partial charge in [0.2, 0.25) is 10.0 Å². The molecule has 0 unspecified atom stereocenters. The minimum absolute atomic E-state index is 0.000277. The maximum atomic E-state index is 13.2. The fourth-order valence-corrected chi connectivity index (χ4v) is 4.77. The second-order valence-electron chi connectivity index (χ2n) is 6.59. The predicted octanol–water partition coefficient (Wildman–Crippen LogP) is 4.82. The van der Waals surface area contributed by atoms with Crippen LogP contribution in [0.15, 0.2) is 71.1 Å². The molecular formula is C21H15ClFN3O3S2. The van der Waals surface area contributed by atoms with Gasteiger partial charge in [0.15, 0.2) is 0 Å². The van der Waals surface area contributed by atoms with Crippen LogP contribution in [0, 0.1) is 5.82 Å². The molecule has 0 fully saturated rings. The zero-order valence-electron chi connectivity index (χ0n) is 15.8. The molecule has 0 spiro atoms. The van der Waals surface area contributed by atoms with Crippen molar-refractivity contribution in [1.29, 1.82) is 0 Å². The van der Waals surface area contributed by atoms with Crippen molar-refractivity contribution >= 4 is 54.8 Å². The van der Waals surface area contributed by atoms with Gasteiger partial charge in [-0.3, -0.25) is 4.79 Å². The molecule has 3 aromatic carbocycles. The van der Waals surface area contributed by atoms with Crippen molar-refractivity contribution in [1.82, 2.24) is 9.71 Å². The second-order valence-corrected chi connectivity index (χ2v) is 9.65. The predicted molar refractivity (Wildman–Crippen MR) is 119 cm³/mol. The van der Waals surface area contributed by atoms with Crippen LogP contribution < -0.4 is 10.0 Å². The molecule has 1 heterocycles. The van der Waals surface area contributed by atoms with E-state index in [1.807, 2.05) is 12.1 Å². The lowest BCUT2D eigenvalue weighted by Gasteiger charge is -2.09. The summed E-state index contributed by atoms with van der Waals surface area (Å²) in [5.74, 6) is -0.983. The third-order valence-corrected chi connectivity index (χ3v) is 6.97. The van der Waals surface area contributed by atoms with Gasteiger partial charge in [-0.05, 0) is 54.1 Å². The molecule has 4 aromatic rings. The fourth-order valence-electron chi connectivity index (χ4n) is 2.82. The maximum Gasteiger partial charge on any atom is 0.255 e. The third kappa shape index (κ3) is 4.91. The average Bonchev–Trinajstić information content (AvgIpc) is 3.22. The van der Waals surface area contributed by atoms with Crippen molar-refractivity contribution in [2.45, 2.75) is 11.4 Å². The summed E-state index contributed by atoms with van der Waals surface area (Å²) < 4.78 is 41.4. The highest BCUT2D eigenvalue weighted by Gasteiger charge is 2.16. The van der Waals surface area contributed by atoms with Gasteiger partial charge in [-0.25, -0.2) is 22.5 Å². The monoisotopic (exact) mass is 475 g/mol. The molecule has 0 aliphatic carbocycles. The summed E-state index contributed by atoms with van der Waals surface area (Å²) in [5.41, 5.74) is 4.27. The number of carbonyl (C=O) groups is 1. The molecule has 0 bridgehead atoms. The van der Waals surface area contributed by atoms with Gasteiger partial charge in [-0.2, -0.15) is 0 Å². The molecule has 2 N–H and O–H groups in total. The van der Waals surface area contributed by atoms with Crippen LogP contribution in [0.3, 0.4) is 0 Å². The van der Waals surface area contributed by atoms with Gasteiger partial charge in [0, 0.05) is 17.8 Å². The van der Waals surface area contributed by atoms with Gasteiger partial charge in [-0.15, -0.1) is 11.3 Å². The first-order valence-electron chi connectivity index (χ1n) is 9.00. The first-order chi connectivity index (χ1) is 14.8. The molecular weight excluding hydrogens is 461 g/mol. The number of hydrogen-bond donors (Lipinski definition) is 2. The standard InChI is InChI=1S/C21H15ClFN3O3S2/c22-17-10-16(6-7-18(17)23)31(28,29)25-11-13-1-3-14(4-2-13)21(27)26-15-5-8-20-19(9-15)24-12-30-20/h1-10,12,25H,11H2,(H,26,27). The lowest BCUT2D eigenvalue weighted by Crippen LogP contribution is -2.23. The van der Waals surface area contributed by atoms with Crippen molar-refractivity contribution in [3.8, 4) is 0 Å². The molecule has 4 rings (SSSR count). The minimum atomic E-state index is -3.86. The van der Waals surface area contributed by atoms with Crippen molar-refractivity contribution in [3.05, 3.63) is 88.1 Å². The molecule has 0 radical (unpaired) electrons. The van der Waals surface area contributed by atoms with Crippen molar-refractivity contribution < 1.29 is 17.6 Å². The summed E-state index contributed by atoms with van der Waals surface area (Å²) in [6.45, 7) is -0.000277. The van der Waals surface area contributed by atoms with Crippen LogP contribution in [0.2, 0.25) is 5.02 Å². The quantitative estimate of drug-likeness (QED) is 0.418. The number of fused-ring (bicyclic) bond motifs is 1. The Bertz CT molecular complexity index is 1370. The molecule has 0 aliphatic heterocycles. The summed E-state index contributed by atoms with van der Waals surface area (Å²) in [5, 5.41) is 2.55. The highest BCUT2D eigenvalue weighted by Crippen LogP contribution is 2.22. The highest BCUT2D eigenvalue weighted by atomic mass is 35.5. The van der Waals surface area contributed by atoms with E-state index in [2.05, 4.69) is 15.0 Å². The van der Waals surface area contributed by atoms with Crippen LogP contribution in [-0.4, -0.2) is 19.3 Å². The smallest absolute Gasteiger partial charge is 0.255 e. The number of amides is 1. The summed E-state index contributed by atoms with van der Waals surface area (Å²) >= 11 is 7.18. The molecule has 6 nitrogen and oxygen atoms in total. The van der Waals surface area contributed by atoms with E-state index in [9.17, 15) is 17.6 Å². The Morgan fingerprint density at radius 3 is 2.58 bits per heavy atom. The van der Waals surface area contributed by atoms with E-state index >= 15 is 0 Å². The van der Waals surface area contributed by atoms with Crippen molar-refractivity contribution in [3.63, 3.8) is 0 Å². The van der Waals surface area contributed by atoms with E-state index < -0.39 is 15.8 Å². The van der Waals surface area contributed by atoms with E-state index in [0.717, 1.165) is 28.4 Å². The molecule has 0 saturated heterocycles. The maximum absolute atomic E-state index is 13.2. The SMILES string of the molecule is O=C(Nc1ccc2scnc2c1)c1ccc(CNS(=O)(=O)c2ccc(F)c(Cl)c2)cc1. The number of anilines is 1. The van der Waals surface area contributed by atoms with Crippen LogP contribution in [0.5, 0.6) is 0 Å². The first kappa shape index (κ1) is 21.4. The number of benzene rings is 3. The molecule has 158 valence electrons. The zero-order valence-corrected chi connectivity index (χ0v) is 18.2. The van der Waals surface area contributed by atoms with Crippen LogP contribution in [-0.2, 0) is 16.6 Å². The summed E-state index contributed by atoms with van der Waals surface area (Å²) in [6.07, 6.45) is 0. The first-order valence-corrected chi connectivity index (χ1v) is 11.7. The number of sulfonamides is 1. The Morgan fingerprint density at radius 2 is 1.84 bits per heavy atom. The van der Waals surface area contributed by atoms with Crippen molar-refractivity contribution in [2.75, 3.05) is 5.32 Å². The second kappa shape index (κ2) is 8.72. The van der Waals surface area contributed by atoms with Gasteiger partial charge in [0.1, 0.15) is 5.82 Å². The number of hydrogen-bond acceptors (Lipinski definition) is 5. The van der Waals surface area contributed by atoms with E-state index in [0.29, 0.717) is 16.8 Å². The molecule has 10 heteroatoms. The van der Waals surface area contributed by atoms with Crippen molar-refractivity contribution in [2.24, 2.45) is 0 Å². The van der Waals surface area contributed by atoms with Crippen LogP contribution in [0.1, 0.15) is 15.9 Å². The molecule has 1 aromatic heterocycles. The van der Waals surface area contributed by atoms with E-state index in [4.69, 9.17) is 11.6 Å². The fraction of sp³-hybridized carbons (Fsp3) is 0.0476. The van der Waals surface area contributed by atoms with Gasteiger partial charge < -0.3 is 5.32 Å². The third-order valence-electron chi connectivity index (χ3n) is 4.47. The number of aromatic nitrogens is 1. The minimum Gasteiger partial charge on any atom is -0.322 e. The van der Waals surface area contributed by atoms with Gasteiger partial charge in [-0.1, -0.05) is 23.7 Å². The van der Waals surface area contributed by atoms with Gasteiger partial charge in [0.25, 0.3) is 5.91 Å². The Hall–Kier alpha value is -2.85. The molecule has 0 aliphatic rings. The van der Waals surface area contributed by atoms with E-state index in [1.54, 1.807) is 35.8 Å². The molecule has 31 heavy (non-hydrogen) atoms. The Labute approximate surface area is 186 Å². The largest absolute Gasteiger partial charge is 0.322 e. The lowest BCUT2D eigenvalue weighted by atomic mass is 10.1. The number of thiazole rings is 1. The lowest BCUT2D eigenvalue weighted by molar-refractivity contribution is 0.102. The normalized spacial score (nSPS) is 11.5. The van der Waals surface area contributed by atoms with E-state index in [1.165, 1.54) is 11.3 Å². The number of rotatable bonds is 6. The Morgan fingerprint density at radius 1 is 1.06 bits per heavy atom. The topological polar surface area (TPSA) is 88.2 Å². The molecule has 0 saturated carbocycles. The summed E-state index contributed by atoms with van der Waals surface area (Å²) in [4.78, 5) is 16.6. The summed E-state index contributed by atoms with van der Waals surface area (Å²) in [7, 11) is -3.86. The van der Waals surface area contributed by atoms with Gasteiger partial charge >= 0.3 is 0 Å². The number of nitrogens with one attached hydrogen (secondary N) is 2. The summed E-state index contributed by atoms with van der Waals surface area (Å²) in [6, 6.07) is 15.2. The Balaban J connectivity index is 1.40. The number of carbonyl (C=O) groups excluding carboxylic acids is 1. The Kier molecular flexibility index (Phi) is 6.01. The molecule has 0 atom stereocenters. The average molecular weight is 476 g/mol. The number of halogens is 2. The number of nitrogens with zero attached hydrogens (tertiary/aromatic N) is 1.